The molecular weight excluding hydrogens is 156 g/mol. The van der Waals surface area contributed by atoms with Crippen LogP contribution in [0.15, 0.2) is 12.3 Å². The van der Waals surface area contributed by atoms with Gasteiger partial charge in [0.05, 0.1) is 6.26 Å². The molecule has 4 nitrogen and oxygen atoms in total. The van der Waals surface area contributed by atoms with E-state index in [4.69, 9.17) is 0 Å². The number of carbonyl (C=O) groups is 1. The predicted molar refractivity (Wildman–Crippen MR) is 33.8 cm³/mol. The van der Waals surface area contributed by atoms with E-state index in [2.05, 4.69) is 4.74 Å². The second-order valence-corrected chi connectivity index (χ2v) is 2.60. The van der Waals surface area contributed by atoms with Crippen LogP contribution in [0.2, 0.25) is 0 Å². The Morgan fingerprint density at radius 1 is 1.50 bits per heavy atom. The predicted octanol–water partition coefficient (Wildman–Crippen LogP) is -0.501. The molecular formula is C5H4O4S. The maximum absolute atomic E-state index is 10.5. The van der Waals surface area contributed by atoms with Crippen LogP contribution in [0.3, 0.4) is 0 Å². The number of hydrogen-bond donors (Lipinski definition) is 0. The Morgan fingerprint density at radius 3 is 2.60 bits per heavy atom. The van der Waals surface area contributed by atoms with E-state index in [1.165, 1.54) is 12.3 Å². The summed E-state index contributed by atoms with van der Waals surface area (Å²) in [5.41, 5.74) is 0. The van der Waals surface area contributed by atoms with Gasteiger partial charge in [-0.1, -0.05) is 0 Å². The summed E-state index contributed by atoms with van der Waals surface area (Å²) in [6.45, 7) is 0. The van der Waals surface area contributed by atoms with Crippen LogP contribution in [-0.2, 0) is 19.8 Å². The third-order valence-corrected chi connectivity index (χ3v) is 1.74. The molecule has 0 spiro atoms. The van der Waals surface area contributed by atoms with Gasteiger partial charge in [-0.3, -0.25) is 0 Å². The minimum absolute atomic E-state index is 0.134. The molecule has 54 valence electrons. The molecule has 0 saturated carbocycles. The van der Waals surface area contributed by atoms with Crippen molar-refractivity contribution in [1.29, 1.82) is 0 Å². The van der Waals surface area contributed by atoms with E-state index in [-0.39, 0.29) is 11.3 Å². The van der Waals surface area contributed by atoms with Gasteiger partial charge < -0.3 is 4.74 Å². The average Bonchev–Trinajstić information content (AvgIpc) is 1.88. The third kappa shape index (κ3) is 1.24. The lowest BCUT2D eigenvalue weighted by molar-refractivity contribution is -0.130. The molecule has 0 radical (unpaired) electrons. The van der Waals surface area contributed by atoms with E-state index in [0.29, 0.717) is 0 Å². The van der Waals surface area contributed by atoms with Gasteiger partial charge in [0.25, 0.3) is 0 Å². The highest BCUT2D eigenvalue weighted by Gasteiger charge is 2.15. The SMILES string of the molecule is O=C1OC=CCC1=S(=O)=O. The highest BCUT2D eigenvalue weighted by atomic mass is 32.2. The second-order valence-electron chi connectivity index (χ2n) is 1.64. The van der Waals surface area contributed by atoms with E-state index in [1.54, 1.807) is 0 Å². The van der Waals surface area contributed by atoms with E-state index in [0.717, 1.165) is 0 Å². The monoisotopic (exact) mass is 160 g/mol. The highest BCUT2D eigenvalue weighted by Crippen LogP contribution is 1.98. The van der Waals surface area contributed by atoms with Crippen molar-refractivity contribution in [2.45, 2.75) is 6.42 Å². The molecule has 1 rings (SSSR count). The molecule has 0 aromatic carbocycles. The van der Waals surface area contributed by atoms with Gasteiger partial charge in [-0.15, -0.1) is 0 Å². The van der Waals surface area contributed by atoms with Crippen molar-refractivity contribution in [3.05, 3.63) is 12.3 Å². The molecule has 0 saturated heterocycles. The Labute approximate surface area is 58.6 Å². The first-order valence-corrected chi connectivity index (χ1v) is 3.60. The first kappa shape index (κ1) is 7.01. The van der Waals surface area contributed by atoms with Crippen LogP contribution in [0.5, 0.6) is 0 Å². The minimum atomic E-state index is -2.44. The van der Waals surface area contributed by atoms with Crippen molar-refractivity contribution in [2.24, 2.45) is 0 Å². The Kier molecular flexibility index (Phi) is 1.86. The van der Waals surface area contributed by atoms with Crippen LogP contribution in [-0.4, -0.2) is 19.3 Å². The molecule has 10 heavy (non-hydrogen) atoms. The third-order valence-electron chi connectivity index (χ3n) is 1.00. The normalized spacial score (nSPS) is 16.8. The van der Waals surface area contributed by atoms with Gasteiger partial charge >= 0.3 is 5.97 Å². The van der Waals surface area contributed by atoms with E-state index in [1.807, 2.05) is 0 Å². The Morgan fingerprint density at radius 2 is 2.20 bits per heavy atom. The standard InChI is InChI=1S/C5H4O4S/c6-5-4(10(7)8)2-1-3-9-5/h1,3H,2H2. The molecule has 0 bridgehead atoms. The van der Waals surface area contributed by atoms with Crippen LogP contribution < -0.4 is 0 Å². The fraction of sp³-hybridized carbons (Fsp3) is 0.200. The number of cyclic esters (lactones) is 1. The van der Waals surface area contributed by atoms with Crippen LogP contribution in [0.25, 0.3) is 0 Å². The molecule has 1 aliphatic heterocycles. The first-order chi connectivity index (χ1) is 4.72. The number of ether oxygens (including phenoxy) is 1. The maximum atomic E-state index is 10.5. The maximum Gasteiger partial charge on any atom is 0.354 e. The number of carbonyl (C=O) groups excluding carboxylic acids is 1. The van der Waals surface area contributed by atoms with Crippen LogP contribution in [0.1, 0.15) is 6.42 Å². The summed E-state index contributed by atoms with van der Waals surface area (Å²) in [6, 6.07) is 0. The lowest BCUT2D eigenvalue weighted by atomic mass is 10.3. The quantitative estimate of drug-likeness (QED) is 0.354. The van der Waals surface area contributed by atoms with Crippen molar-refractivity contribution in [3.8, 4) is 0 Å². The summed E-state index contributed by atoms with van der Waals surface area (Å²) in [7, 11) is -2.44. The van der Waals surface area contributed by atoms with Crippen molar-refractivity contribution in [2.75, 3.05) is 0 Å². The summed E-state index contributed by atoms with van der Waals surface area (Å²) in [4.78, 5) is 10.3. The fourth-order valence-corrected chi connectivity index (χ4v) is 0.967. The van der Waals surface area contributed by atoms with E-state index >= 15 is 0 Å². The first-order valence-electron chi connectivity index (χ1n) is 2.53. The summed E-state index contributed by atoms with van der Waals surface area (Å²) < 4.78 is 24.7. The average molecular weight is 160 g/mol. The van der Waals surface area contributed by atoms with Crippen molar-refractivity contribution in [1.82, 2.24) is 0 Å². The van der Waals surface area contributed by atoms with Crippen molar-refractivity contribution in [3.63, 3.8) is 0 Å². The molecule has 0 fully saturated rings. The molecule has 0 amide bonds. The molecule has 0 aliphatic carbocycles. The smallest absolute Gasteiger partial charge is 0.354 e. The number of hydrogen-bond acceptors (Lipinski definition) is 4. The van der Waals surface area contributed by atoms with Crippen molar-refractivity contribution < 1.29 is 17.9 Å². The Bertz CT molecular complexity index is 301. The fourth-order valence-electron chi connectivity index (χ4n) is 0.550. The Balaban J connectivity index is 3.13. The molecule has 0 aromatic heterocycles. The second kappa shape index (κ2) is 2.66. The molecule has 0 atom stereocenters. The van der Waals surface area contributed by atoms with Crippen LogP contribution in [0.4, 0.5) is 0 Å². The molecule has 1 heterocycles. The minimum Gasteiger partial charge on any atom is -0.431 e. The van der Waals surface area contributed by atoms with Gasteiger partial charge in [0.15, 0.2) is 4.86 Å². The molecule has 1 aliphatic rings. The summed E-state index contributed by atoms with van der Waals surface area (Å²) >= 11 is 0. The molecule has 0 N–H and O–H groups in total. The van der Waals surface area contributed by atoms with Gasteiger partial charge in [-0.25, -0.2) is 4.79 Å². The zero-order valence-electron chi connectivity index (χ0n) is 4.90. The summed E-state index contributed by atoms with van der Waals surface area (Å²) in [5.74, 6) is -0.782. The zero-order valence-corrected chi connectivity index (χ0v) is 5.72. The van der Waals surface area contributed by atoms with Crippen LogP contribution >= 0.6 is 0 Å². The van der Waals surface area contributed by atoms with Gasteiger partial charge in [0, 0.05) is 6.42 Å². The van der Waals surface area contributed by atoms with Gasteiger partial charge in [0.2, 0.25) is 10.3 Å². The number of rotatable bonds is 0. The Hall–Kier alpha value is -1.10. The van der Waals surface area contributed by atoms with Gasteiger partial charge in [0.1, 0.15) is 0 Å². The van der Waals surface area contributed by atoms with Crippen molar-refractivity contribution >= 4 is 21.1 Å². The zero-order chi connectivity index (χ0) is 7.56. The summed E-state index contributed by atoms with van der Waals surface area (Å²) in [5, 5.41) is 0. The number of esters is 1. The number of allylic oxidation sites excluding steroid dienone is 1. The lowest BCUT2D eigenvalue weighted by Gasteiger charge is -2.01. The van der Waals surface area contributed by atoms with Gasteiger partial charge in [-0.2, -0.15) is 8.42 Å². The van der Waals surface area contributed by atoms with E-state index < -0.39 is 16.3 Å². The largest absolute Gasteiger partial charge is 0.431 e. The molecule has 5 heteroatoms. The summed E-state index contributed by atoms with van der Waals surface area (Å²) in [6.07, 6.45) is 2.78. The lowest BCUT2D eigenvalue weighted by Crippen LogP contribution is -2.18. The topological polar surface area (TPSA) is 60.4 Å². The highest BCUT2D eigenvalue weighted by molar-refractivity contribution is 7.74. The van der Waals surface area contributed by atoms with E-state index in [9.17, 15) is 13.2 Å². The molecule has 0 unspecified atom stereocenters. The molecule has 0 aromatic rings. The van der Waals surface area contributed by atoms with Crippen LogP contribution in [0, 0.1) is 0 Å². The van der Waals surface area contributed by atoms with Gasteiger partial charge in [-0.05, 0) is 6.08 Å².